The topological polar surface area (TPSA) is 73.8 Å². The van der Waals surface area contributed by atoms with Crippen LogP contribution in [0.1, 0.15) is 29.8 Å². The Morgan fingerprint density at radius 2 is 1.88 bits per heavy atom. The van der Waals surface area contributed by atoms with Crippen LogP contribution in [0.25, 0.3) is 0 Å². The van der Waals surface area contributed by atoms with E-state index in [4.69, 9.17) is 0 Å². The molecule has 0 aromatic carbocycles. The summed E-state index contributed by atoms with van der Waals surface area (Å²) in [6.45, 7) is 5.93. The van der Waals surface area contributed by atoms with E-state index in [1.165, 1.54) is 9.78 Å². The molecule has 3 aliphatic heterocycles. The zero-order valence-corrected chi connectivity index (χ0v) is 15.8. The molecule has 3 fully saturated rings. The van der Waals surface area contributed by atoms with E-state index in [1.807, 2.05) is 17.3 Å². The number of hydrogen-bond acceptors (Lipinski definition) is 6. The molecule has 1 aromatic rings. The summed E-state index contributed by atoms with van der Waals surface area (Å²) in [7, 11) is 0. The molecule has 4 rings (SSSR count). The molecule has 0 radical (unpaired) electrons. The van der Waals surface area contributed by atoms with Crippen LogP contribution in [0, 0.1) is 18.8 Å². The first-order valence-corrected chi connectivity index (χ1v) is 10.2. The summed E-state index contributed by atoms with van der Waals surface area (Å²) < 4.78 is 0. The predicted octanol–water partition coefficient (Wildman–Crippen LogP) is 0.881. The van der Waals surface area contributed by atoms with Crippen molar-refractivity contribution in [3.05, 3.63) is 16.1 Å². The summed E-state index contributed by atoms with van der Waals surface area (Å²) in [5, 5.41) is 0. The largest absolute Gasteiger partial charge is 0.343 e. The lowest BCUT2D eigenvalue weighted by Crippen LogP contribution is -2.38. The van der Waals surface area contributed by atoms with Crippen LogP contribution in [0.5, 0.6) is 0 Å². The van der Waals surface area contributed by atoms with Crippen LogP contribution in [-0.4, -0.2) is 70.1 Å². The summed E-state index contributed by atoms with van der Waals surface area (Å²) in [5.74, 6) is -0.282. The second-order valence-corrected chi connectivity index (χ2v) is 8.37. The molecule has 140 valence electrons. The van der Waals surface area contributed by atoms with Crippen LogP contribution in [0.15, 0.2) is 5.51 Å². The van der Waals surface area contributed by atoms with Gasteiger partial charge in [0.15, 0.2) is 0 Å². The van der Waals surface area contributed by atoms with E-state index in [1.54, 1.807) is 11.3 Å². The molecule has 7 nitrogen and oxygen atoms in total. The summed E-state index contributed by atoms with van der Waals surface area (Å²) in [6.07, 6.45) is 2.22. The van der Waals surface area contributed by atoms with Crippen LogP contribution in [0.2, 0.25) is 0 Å². The second-order valence-electron chi connectivity index (χ2n) is 7.43. The number of carbonyl (C=O) groups excluding carboxylic acids is 3. The number of rotatable bonds is 6. The van der Waals surface area contributed by atoms with Gasteiger partial charge in [-0.1, -0.05) is 0 Å². The number of likely N-dealkylation sites (tertiary alicyclic amines) is 3. The van der Waals surface area contributed by atoms with Gasteiger partial charge >= 0.3 is 0 Å². The number of carbonyl (C=O) groups is 3. The smallest absolute Gasteiger partial charge is 0.234 e. The van der Waals surface area contributed by atoms with Crippen LogP contribution in [0.3, 0.4) is 0 Å². The fourth-order valence-corrected chi connectivity index (χ4v) is 5.10. The molecule has 0 aliphatic carbocycles. The maximum atomic E-state index is 12.7. The maximum Gasteiger partial charge on any atom is 0.234 e. The quantitative estimate of drug-likeness (QED) is 0.689. The van der Waals surface area contributed by atoms with Crippen LogP contribution >= 0.6 is 11.3 Å². The highest BCUT2D eigenvalue weighted by Gasteiger charge is 2.51. The molecule has 0 N–H and O–H groups in total. The first-order valence-electron chi connectivity index (χ1n) is 9.29. The van der Waals surface area contributed by atoms with Crippen molar-refractivity contribution >= 4 is 29.1 Å². The Morgan fingerprint density at radius 1 is 1.15 bits per heavy atom. The Kier molecular flexibility index (Phi) is 4.79. The minimum atomic E-state index is -0.204. The van der Waals surface area contributed by atoms with Gasteiger partial charge in [-0.25, -0.2) is 4.98 Å². The SMILES string of the molecule is Cc1ncsc1CN1CC2C(=O)N(CCCN3CCCC3=O)C(=O)C2C1. The molecule has 2 atom stereocenters. The van der Waals surface area contributed by atoms with Gasteiger partial charge in [-0.15, -0.1) is 11.3 Å². The summed E-state index contributed by atoms with van der Waals surface area (Å²) in [4.78, 5) is 48.0. The van der Waals surface area contributed by atoms with Gasteiger partial charge in [-0.05, 0) is 19.8 Å². The molecule has 3 amide bonds. The molecule has 0 spiro atoms. The highest BCUT2D eigenvalue weighted by molar-refractivity contribution is 7.09. The Labute approximate surface area is 157 Å². The standard InChI is InChI=1S/C18H24N4O3S/c1-12-15(26-11-19-12)10-20-8-13-14(9-20)18(25)22(17(13)24)7-3-6-21-5-2-4-16(21)23/h11,13-14H,2-10H2,1H3. The third-order valence-corrected chi connectivity index (χ3v) is 6.67. The lowest BCUT2D eigenvalue weighted by Gasteiger charge is -2.21. The lowest BCUT2D eigenvalue weighted by atomic mass is 10.00. The molecule has 0 bridgehead atoms. The van der Waals surface area contributed by atoms with Gasteiger partial charge in [0, 0.05) is 50.6 Å². The number of thiazole rings is 1. The summed E-state index contributed by atoms with van der Waals surface area (Å²) >= 11 is 1.62. The third kappa shape index (κ3) is 3.16. The molecule has 4 heterocycles. The zero-order chi connectivity index (χ0) is 18.3. The number of fused-ring (bicyclic) bond motifs is 1. The van der Waals surface area contributed by atoms with Gasteiger partial charge in [-0.3, -0.25) is 24.2 Å². The zero-order valence-electron chi connectivity index (χ0n) is 15.0. The molecular formula is C18H24N4O3S. The summed E-state index contributed by atoms with van der Waals surface area (Å²) in [6, 6.07) is 0. The molecule has 1 aromatic heterocycles. The van der Waals surface area contributed by atoms with Crippen molar-refractivity contribution in [2.75, 3.05) is 32.7 Å². The monoisotopic (exact) mass is 376 g/mol. The Bertz CT molecular complexity index is 710. The third-order valence-electron chi connectivity index (χ3n) is 5.76. The first kappa shape index (κ1) is 17.6. The van der Waals surface area contributed by atoms with Crippen molar-refractivity contribution in [1.29, 1.82) is 0 Å². The molecule has 2 unspecified atom stereocenters. The minimum Gasteiger partial charge on any atom is -0.343 e. The number of imide groups is 1. The maximum absolute atomic E-state index is 12.7. The lowest BCUT2D eigenvalue weighted by molar-refractivity contribution is -0.140. The fraction of sp³-hybridized carbons (Fsp3) is 0.667. The molecular weight excluding hydrogens is 352 g/mol. The van der Waals surface area contributed by atoms with Crippen molar-refractivity contribution in [1.82, 2.24) is 19.7 Å². The van der Waals surface area contributed by atoms with E-state index in [0.29, 0.717) is 39.0 Å². The van der Waals surface area contributed by atoms with Gasteiger partial charge in [0.25, 0.3) is 0 Å². The van der Waals surface area contributed by atoms with Crippen LogP contribution < -0.4 is 0 Å². The number of aromatic nitrogens is 1. The van der Waals surface area contributed by atoms with E-state index in [0.717, 1.165) is 25.2 Å². The molecule has 3 aliphatic rings. The highest BCUT2D eigenvalue weighted by Crippen LogP contribution is 2.34. The number of amides is 3. The molecule has 0 saturated carbocycles. The number of nitrogens with zero attached hydrogens (tertiary/aromatic N) is 4. The van der Waals surface area contributed by atoms with Gasteiger partial charge < -0.3 is 4.90 Å². The van der Waals surface area contributed by atoms with Crippen molar-refractivity contribution in [3.63, 3.8) is 0 Å². The Morgan fingerprint density at radius 3 is 2.46 bits per heavy atom. The summed E-state index contributed by atoms with van der Waals surface area (Å²) in [5.41, 5.74) is 2.87. The van der Waals surface area contributed by atoms with E-state index in [2.05, 4.69) is 9.88 Å². The highest BCUT2D eigenvalue weighted by atomic mass is 32.1. The Balaban J connectivity index is 1.31. The molecule has 3 saturated heterocycles. The van der Waals surface area contributed by atoms with Gasteiger partial charge in [0.2, 0.25) is 17.7 Å². The average molecular weight is 376 g/mol. The fourth-order valence-electron chi connectivity index (χ4n) is 4.29. The van der Waals surface area contributed by atoms with E-state index in [9.17, 15) is 14.4 Å². The Hall–Kier alpha value is -1.80. The average Bonchev–Trinajstić information content (AvgIpc) is 3.35. The van der Waals surface area contributed by atoms with Gasteiger partial charge in [0.05, 0.1) is 23.0 Å². The number of aryl methyl sites for hydroxylation is 1. The van der Waals surface area contributed by atoms with Crippen LogP contribution in [-0.2, 0) is 20.9 Å². The first-order chi connectivity index (χ1) is 12.5. The van der Waals surface area contributed by atoms with Crippen molar-refractivity contribution in [2.45, 2.75) is 32.7 Å². The predicted molar refractivity (Wildman–Crippen MR) is 96.3 cm³/mol. The van der Waals surface area contributed by atoms with E-state index in [-0.39, 0.29) is 29.6 Å². The normalized spacial score (nSPS) is 26.4. The number of hydrogen-bond donors (Lipinski definition) is 0. The molecule has 8 heteroatoms. The van der Waals surface area contributed by atoms with Crippen LogP contribution in [0.4, 0.5) is 0 Å². The van der Waals surface area contributed by atoms with E-state index >= 15 is 0 Å². The van der Waals surface area contributed by atoms with Crippen molar-refractivity contribution < 1.29 is 14.4 Å². The minimum absolute atomic E-state index is 0.0312. The van der Waals surface area contributed by atoms with Gasteiger partial charge in [-0.2, -0.15) is 0 Å². The van der Waals surface area contributed by atoms with Crippen molar-refractivity contribution in [2.24, 2.45) is 11.8 Å². The molecule has 26 heavy (non-hydrogen) atoms. The van der Waals surface area contributed by atoms with E-state index < -0.39 is 0 Å². The second kappa shape index (κ2) is 7.08. The van der Waals surface area contributed by atoms with Crippen molar-refractivity contribution in [3.8, 4) is 0 Å². The van der Waals surface area contributed by atoms with Gasteiger partial charge in [0.1, 0.15) is 0 Å².